The van der Waals surface area contributed by atoms with Crippen LogP contribution in [-0.2, 0) is 4.79 Å². The molecule has 2 N–H and O–H groups in total. The monoisotopic (exact) mass is 386 g/mol. The molecule has 3 rings (SSSR count). The highest BCUT2D eigenvalue weighted by Crippen LogP contribution is 2.26. The molecule has 1 saturated heterocycles. The SMILES string of the molecule is COc1cc(NC(=O)CCC2CCCN(C(=O)c3ncc[nH]3)C2)cc(OC)c1. The Hall–Kier alpha value is -3.03. The van der Waals surface area contributed by atoms with Gasteiger partial charge in [-0.25, -0.2) is 4.98 Å². The fourth-order valence-electron chi connectivity index (χ4n) is 3.46. The number of hydrogen-bond acceptors (Lipinski definition) is 5. The number of benzene rings is 1. The molecule has 0 saturated carbocycles. The Kier molecular flexibility index (Phi) is 6.52. The lowest BCUT2D eigenvalue weighted by Gasteiger charge is -2.32. The van der Waals surface area contributed by atoms with Crippen molar-refractivity contribution in [2.75, 3.05) is 32.6 Å². The number of nitrogens with one attached hydrogen (secondary N) is 2. The molecule has 1 aromatic heterocycles. The number of aromatic amines is 1. The highest BCUT2D eigenvalue weighted by Gasteiger charge is 2.26. The molecule has 8 nitrogen and oxygen atoms in total. The Bertz CT molecular complexity index is 784. The molecule has 2 aromatic rings. The summed E-state index contributed by atoms with van der Waals surface area (Å²) in [4.78, 5) is 33.5. The Balaban J connectivity index is 1.51. The van der Waals surface area contributed by atoms with E-state index in [0.29, 0.717) is 41.9 Å². The number of anilines is 1. The topological polar surface area (TPSA) is 96.5 Å². The predicted octanol–water partition coefficient (Wildman–Crippen LogP) is 2.70. The van der Waals surface area contributed by atoms with Gasteiger partial charge in [0.15, 0.2) is 5.82 Å². The third-order valence-corrected chi connectivity index (χ3v) is 4.92. The Morgan fingerprint density at radius 2 is 2.00 bits per heavy atom. The number of nitrogens with zero attached hydrogens (tertiary/aromatic N) is 2. The summed E-state index contributed by atoms with van der Waals surface area (Å²) in [6.07, 6.45) is 6.30. The van der Waals surface area contributed by atoms with Crippen molar-refractivity contribution >= 4 is 17.5 Å². The number of methoxy groups -OCH3 is 2. The number of likely N-dealkylation sites (tertiary alicyclic amines) is 1. The Morgan fingerprint density at radius 3 is 2.64 bits per heavy atom. The van der Waals surface area contributed by atoms with Gasteiger partial charge in [0.1, 0.15) is 11.5 Å². The molecule has 2 heterocycles. The number of piperidine rings is 1. The first-order chi connectivity index (χ1) is 13.6. The lowest BCUT2D eigenvalue weighted by Crippen LogP contribution is -2.40. The van der Waals surface area contributed by atoms with Crippen LogP contribution in [0.4, 0.5) is 5.69 Å². The van der Waals surface area contributed by atoms with Gasteiger partial charge in [-0.3, -0.25) is 9.59 Å². The molecule has 1 fully saturated rings. The van der Waals surface area contributed by atoms with E-state index < -0.39 is 0 Å². The average molecular weight is 386 g/mol. The summed E-state index contributed by atoms with van der Waals surface area (Å²) in [5, 5.41) is 2.89. The molecule has 1 unspecified atom stereocenters. The maximum Gasteiger partial charge on any atom is 0.289 e. The number of imidazole rings is 1. The van der Waals surface area contributed by atoms with Crippen LogP contribution in [0.5, 0.6) is 11.5 Å². The molecule has 0 aliphatic carbocycles. The maximum absolute atomic E-state index is 12.4. The molecular formula is C20H26N4O4. The van der Waals surface area contributed by atoms with Gasteiger partial charge in [0.05, 0.1) is 14.2 Å². The van der Waals surface area contributed by atoms with E-state index in [1.165, 1.54) is 0 Å². The molecule has 1 aromatic carbocycles. The van der Waals surface area contributed by atoms with Gasteiger partial charge in [0, 0.05) is 55.8 Å². The summed E-state index contributed by atoms with van der Waals surface area (Å²) in [7, 11) is 3.14. The Morgan fingerprint density at radius 1 is 1.25 bits per heavy atom. The van der Waals surface area contributed by atoms with Crippen LogP contribution < -0.4 is 14.8 Å². The third-order valence-electron chi connectivity index (χ3n) is 4.92. The number of amides is 2. The zero-order valence-electron chi connectivity index (χ0n) is 16.2. The first-order valence-electron chi connectivity index (χ1n) is 9.40. The molecule has 0 spiro atoms. The van der Waals surface area contributed by atoms with E-state index in [-0.39, 0.29) is 11.8 Å². The molecule has 1 aliphatic rings. The van der Waals surface area contributed by atoms with E-state index in [2.05, 4.69) is 15.3 Å². The zero-order valence-corrected chi connectivity index (χ0v) is 16.2. The molecule has 28 heavy (non-hydrogen) atoms. The van der Waals surface area contributed by atoms with Crippen LogP contribution in [0.1, 0.15) is 36.3 Å². The molecule has 1 atom stereocenters. The van der Waals surface area contributed by atoms with Crippen LogP contribution in [-0.4, -0.2) is 54.0 Å². The molecule has 1 aliphatic heterocycles. The van der Waals surface area contributed by atoms with Gasteiger partial charge in [-0.2, -0.15) is 0 Å². The highest BCUT2D eigenvalue weighted by atomic mass is 16.5. The van der Waals surface area contributed by atoms with E-state index in [1.807, 2.05) is 4.90 Å². The van der Waals surface area contributed by atoms with Crippen LogP contribution >= 0.6 is 0 Å². The summed E-state index contributed by atoms with van der Waals surface area (Å²) < 4.78 is 10.4. The number of hydrogen-bond donors (Lipinski definition) is 2. The summed E-state index contributed by atoms with van der Waals surface area (Å²) in [6, 6.07) is 5.26. The van der Waals surface area contributed by atoms with Gasteiger partial charge in [-0.05, 0) is 25.2 Å². The van der Waals surface area contributed by atoms with Gasteiger partial charge in [0.25, 0.3) is 5.91 Å². The minimum Gasteiger partial charge on any atom is -0.497 e. The van der Waals surface area contributed by atoms with E-state index in [4.69, 9.17) is 9.47 Å². The third kappa shape index (κ3) is 5.03. The summed E-state index contributed by atoms with van der Waals surface area (Å²) in [5.74, 6) is 1.76. The van der Waals surface area contributed by atoms with Crippen molar-refractivity contribution in [3.63, 3.8) is 0 Å². The number of aromatic nitrogens is 2. The van der Waals surface area contributed by atoms with Gasteiger partial charge >= 0.3 is 0 Å². The number of rotatable bonds is 7. The van der Waals surface area contributed by atoms with E-state index in [0.717, 1.165) is 25.8 Å². The van der Waals surface area contributed by atoms with Crippen molar-refractivity contribution in [1.82, 2.24) is 14.9 Å². The molecule has 8 heteroatoms. The van der Waals surface area contributed by atoms with E-state index >= 15 is 0 Å². The Labute approximate surface area is 164 Å². The van der Waals surface area contributed by atoms with Crippen LogP contribution in [0.25, 0.3) is 0 Å². The predicted molar refractivity (Wildman–Crippen MR) is 105 cm³/mol. The van der Waals surface area contributed by atoms with Crippen molar-refractivity contribution < 1.29 is 19.1 Å². The lowest BCUT2D eigenvalue weighted by molar-refractivity contribution is -0.116. The molecule has 0 radical (unpaired) electrons. The van der Waals surface area contributed by atoms with Gasteiger partial charge in [0.2, 0.25) is 5.91 Å². The largest absolute Gasteiger partial charge is 0.497 e. The van der Waals surface area contributed by atoms with Crippen molar-refractivity contribution in [1.29, 1.82) is 0 Å². The van der Waals surface area contributed by atoms with Crippen LogP contribution in [0, 0.1) is 5.92 Å². The fraction of sp³-hybridized carbons (Fsp3) is 0.450. The van der Waals surface area contributed by atoms with Crippen LogP contribution in [0.2, 0.25) is 0 Å². The number of carbonyl (C=O) groups is 2. The lowest BCUT2D eigenvalue weighted by atomic mass is 9.93. The van der Waals surface area contributed by atoms with Gasteiger partial charge < -0.3 is 24.7 Å². The second-order valence-corrected chi connectivity index (χ2v) is 6.89. The molecule has 0 bridgehead atoms. The van der Waals surface area contributed by atoms with E-state index in [1.54, 1.807) is 44.8 Å². The minimum absolute atomic E-state index is 0.0650. The van der Waals surface area contributed by atoms with Crippen LogP contribution in [0.15, 0.2) is 30.6 Å². The summed E-state index contributed by atoms with van der Waals surface area (Å²) >= 11 is 0. The maximum atomic E-state index is 12.4. The van der Waals surface area contributed by atoms with Crippen molar-refractivity contribution in [2.24, 2.45) is 5.92 Å². The summed E-state index contributed by atoms with van der Waals surface area (Å²) in [5.41, 5.74) is 0.638. The smallest absolute Gasteiger partial charge is 0.289 e. The average Bonchev–Trinajstić information content (AvgIpc) is 3.26. The van der Waals surface area contributed by atoms with Crippen molar-refractivity contribution in [3.05, 3.63) is 36.4 Å². The number of H-pyrrole nitrogens is 1. The van der Waals surface area contributed by atoms with Gasteiger partial charge in [-0.15, -0.1) is 0 Å². The highest BCUT2D eigenvalue weighted by molar-refractivity contribution is 5.91. The number of ether oxygens (including phenoxy) is 2. The molecule has 2 amide bonds. The molecular weight excluding hydrogens is 360 g/mol. The van der Waals surface area contributed by atoms with Crippen molar-refractivity contribution in [3.8, 4) is 11.5 Å². The second-order valence-electron chi connectivity index (χ2n) is 6.89. The van der Waals surface area contributed by atoms with Gasteiger partial charge in [-0.1, -0.05) is 0 Å². The van der Waals surface area contributed by atoms with Crippen LogP contribution in [0.3, 0.4) is 0 Å². The fourth-order valence-corrected chi connectivity index (χ4v) is 3.46. The number of carbonyl (C=O) groups excluding carboxylic acids is 2. The first-order valence-corrected chi connectivity index (χ1v) is 9.40. The molecule has 150 valence electrons. The summed E-state index contributed by atoms with van der Waals surface area (Å²) in [6.45, 7) is 1.38. The minimum atomic E-state index is -0.0809. The normalized spacial score (nSPS) is 16.5. The second kappa shape index (κ2) is 9.25. The van der Waals surface area contributed by atoms with E-state index in [9.17, 15) is 9.59 Å². The zero-order chi connectivity index (χ0) is 19.9. The first kappa shape index (κ1) is 19.7. The quantitative estimate of drug-likeness (QED) is 0.763. The standard InChI is InChI=1S/C20H26N4O4/c1-27-16-10-15(11-17(12-16)28-2)23-18(25)6-5-14-4-3-9-24(13-14)20(26)19-21-7-8-22-19/h7-8,10-12,14H,3-6,9,13H2,1-2H3,(H,21,22)(H,23,25). The van der Waals surface area contributed by atoms with Crippen molar-refractivity contribution in [2.45, 2.75) is 25.7 Å².